The average Bonchev–Trinajstić information content (AvgIpc) is 3.26. The van der Waals surface area contributed by atoms with Crippen LogP contribution >= 0.6 is 0 Å². The summed E-state index contributed by atoms with van der Waals surface area (Å²) >= 11 is 0. The zero-order chi connectivity index (χ0) is 47.0. The van der Waals surface area contributed by atoms with Gasteiger partial charge in [-0.1, -0.05) is 117 Å². The maximum atomic E-state index is 14.0. The van der Waals surface area contributed by atoms with Crippen LogP contribution in [0.3, 0.4) is 0 Å². The molecule has 1 aliphatic rings. The van der Waals surface area contributed by atoms with Gasteiger partial charge in [0.15, 0.2) is 0 Å². The quantitative estimate of drug-likeness (QED) is 0.0186. The van der Waals surface area contributed by atoms with Gasteiger partial charge in [-0.25, -0.2) is 0 Å². The molecule has 4 aromatic rings. The first-order chi connectivity index (χ1) is 31.1. The molecule has 16 heteroatoms. The smallest absolute Gasteiger partial charge is 0.450 e. The third-order valence-electron chi connectivity index (χ3n) is 12.3. The van der Waals surface area contributed by atoms with Crippen molar-refractivity contribution < 1.29 is 46.2 Å². The molecule has 65 heavy (non-hydrogen) atoms. The summed E-state index contributed by atoms with van der Waals surface area (Å²) in [5.41, 5.74) is 2.02. The first-order valence-electron chi connectivity index (χ1n) is 22.9. The molecule has 351 valence electrons. The molecule has 1 atom stereocenters. The van der Waals surface area contributed by atoms with Gasteiger partial charge in [0.05, 0.1) is 11.5 Å². The maximum Gasteiger partial charge on any atom is 0.488 e. The van der Waals surface area contributed by atoms with E-state index >= 15 is 0 Å². The number of hydrogen-bond acceptors (Lipinski definition) is 7. The molecule has 5 N–H and O–H groups in total. The van der Waals surface area contributed by atoms with Crippen molar-refractivity contribution in [2.24, 2.45) is 5.92 Å². The number of alkyl halides is 6. The Balaban J connectivity index is 1.52. The van der Waals surface area contributed by atoms with Gasteiger partial charge in [-0.15, -0.1) is 0 Å². The Kier molecular flexibility index (Phi) is 20.0. The fraction of sp³-hybridized carbons (Fsp3) is 0.490. The van der Waals surface area contributed by atoms with Gasteiger partial charge < -0.3 is 25.7 Å². The molecule has 0 bridgehead atoms. The van der Waals surface area contributed by atoms with Crippen LogP contribution < -0.4 is 16.1 Å². The van der Waals surface area contributed by atoms with Crippen molar-refractivity contribution in [3.8, 4) is 0 Å². The molecule has 0 aliphatic heterocycles. The number of hydrogen-bond donors (Lipinski definition) is 5. The molecule has 0 fully saturated rings. The van der Waals surface area contributed by atoms with Gasteiger partial charge in [0, 0.05) is 39.6 Å². The Hall–Kier alpha value is -4.18. The standard InChI is InChI=1S/C49H63B2F6N4O4/c1-35(62)59-26-14-6-4-8-16-28-61(32-37-30-39(49(55,56)57)22-24-47(37)51(64)65)34-45-42-19-11-9-17-40(42)44(41-18-10-12-20-43(41)45)33-60(27-15-7-3-5-13-25-58-2)31-36-29-38(48(52,53)54)21-23-46(36)50-63/h9-12,17-20,22-24,29-30,38,58,63-65H,3-8,13-16,21,25-28,31-34H2,1-2H3,(H,59,62). The average molecular weight is 908 g/mol. The van der Waals surface area contributed by atoms with Crippen LogP contribution in [0.1, 0.15) is 99.8 Å². The molecule has 0 saturated heterocycles. The molecule has 1 unspecified atom stereocenters. The van der Waals surface area contributed by atoms with Gasteiger partial charge in [0.1, 0.15) is 0 Å². The second-order valence-corrected chi connectivity index (χ2v) is 17.2. The van der Waals surface area contributed by atoms with Crippen LogP contribution in [-0.2, 0) is 30.6 Å². The van der Waals surface area contributed by atoms with Crippen LogP contribution in [0.5, 0.6) is 0 Å². The molecular formula is C49H63B2F6N4O4. The summed E-state index contributed by atoms with van der Waals surface area (Å²) in [6, 6.07) is 18.8. The van der Waals surface area contributed by atoms with Crippen molar-refractivity contribution in [1.29, 1.82) is 0 Å². The van der Waals surface area contributed by atoms with Crippen molar-refractivity contribution in [1.82, 2.24) is 20.4 Å². The molecule has 0 saturated carbocycles. The minimum Gasteiger partial charge on any atom is -0.450 e. The summed E-state index contributed by atoms with van der Waals surface area (Å²) in [5, 5.41) is 40.4. The lowest BCUT2D eigenvalue weighted by atomic mass is 9.75. The number of carbonyl (C=O) groups is 1. The highest BCUT2D eigenvalue weighted by molar-refractivity contribution is 6.59. The second-order valence-electron chi connectivity index (χ2n) is 17.2. The summed E-state index contributed by atoms with van der Waals surface area (Å²) in [6.07, 6.45) is 2.51. The Bertz CT molecular complexity index is 2160. The Morgan fingerprint density at radius 2 is 1.23 bits per heavy atom. The van der Waals surface area contributed by atoms with E-state index < -0.39 is 31.0 Å². The van der Waals surface area contributed by atoms with Crippen molar-refractivity contribution in [3.63, 3.8) is 0 Å². The number of unbranched alkanes of at least 4 members (excludes halogenated alkanes) is 8. The van der Waals surface area contributed by atoms with Gasteiger partial charge in [-0.05, 0) is 114 Å². The normalized spacial score (nSPS) is 14.6. The van der Waals surface area contributed by atoms with Crippen LogP contribution in [0.25, 0.3) is 21.5 Å². The molecule has 0 heterocycles. The largest absolute Gasteiger partial charge is 0.488 e. The number of halogens is 6. The molecule has 1 radical (unpaired) electrons. The van der Waals surface area contributed by atoms with E-state index in [-0.39, 0.29) is 36.4 Å². The summed E-state index contributed by atoms with van der Waals surface area (Å²) in [7, 11) is 0.833. The van der Waals surface area contributed by atoms with Crippen molar-refractivity contribution >= 4 is 47.5 Å². The maximum absolute atomic E-state index is 14.0. The summed E-state index contributed by atoms with van der Waals surface area (Å²) in [4.78, 5) is 15.5. The predicted octanol–water partition coefficient (Wildman–Crippen LogP) is 8.76. The van der Waals surface area contributed by atoms with Gasteiger partial charge in [-0.3, -0.25) is 14.6 Å². The molecule has 5 rings (SSSR count). The Morgan fingerprint density at radius 3 is 1.71 bits per heavy atom. The van der Waals surface area contributed by atoms with E-state index in [1.165, 1.54) is 19.1 Å². The summed E-state index contributed by atoms with van der Waals surface area (Å²) in [6.45, 7) is 5.04. The van der Waals surface area contributed by atoms with E-state index in [9.17, 15) is 46.2 Å². The molecule has 1 amide bonds. The third-order valence-corrected chi connectivity index (χ3v) is 12.3. The highest BCUT2D eigenvalue weighted by Gasteiger charge is 2.39. The fourth-order valence-electron chi connectivity index (χ4n) is 8.90. The number of nitrogens with one attached hydrogen (secondary N) is 2. The van der Waals surface area contributed by atoms with E-state index in [1.54, 1.807) is 0 Å². The van der Waals surface area contributed by atoms with E-state index in [0.717, 1.165) is 129 Å². The van der Waals surface area contributed by atoms with Gasteiger partial charge in [0.2, 0.25) is 5.91 Å². The van der Waals surface area contributed by atoms with Crippen molar-refractivity contribution in [2.75, 3.05) is 39.8 Å². The number of rotatable bonds is 26. The van der Waals surface area contributed by atoms with E-state index in [2.05, 4.69) is 20.4 Å². The zero-order valence-corrected chi connectivity index (χ0v) is 37.6. The molecule has 0 spiro atoms. The zero-order valence-electron chi connectivity index (χ0n) is 37.6. The molecular weight excluding hydrogens is 844 g/mol. The molecule has 4 aromatic carbocycles. The van der Waals surface area contributed by atoms with Gasteiger partial charge >= 0.3 is 27.0 Å². The van der Waals surface area contributed by atoms with E-state index in [4.69, 9.17) is 0 Å². The number of fused-ring (bicyclic) bond motifs is 2. The lowest BCUT2D eigenvalue weighted by Gasteiger charge is -2.30. The van der Waals surface area contributed by atoms with Crippen LogP contribution in [0.4, 0.5) is 26.3 Å². The van der Waals surface area contributed by atoms with E-state index in [1.807, 2.05) is 55.6 Å². The second kappa shape index (κ2) is 25.1. The SMILES string of the molecule is CNCCCCCCCN(CC1=CC(C(F)(F)F)CC=C1[B]O)Cc1c2ccccc2c(CN(CCCCCCCNC(C)=O)Cc2cc(C(F)(F)F)ccc2B(O)O)c2ccccc12. The minimum absolute atomic E-state index is 0.00414. The molecule has 1 aliphatic carbocycles. The van der Waals surface area contributed by atoms with Gasteiger partial charge in [0.25, 0.3) is 0 Å². The lowest BCUT2D eigenvalue weighted by Crippen LogP contribution is -2.36. The number of carbonyl (C=O) groups excluding carboxylic acids is 1. The lowest BCUT2D eigenvalue weighted by molar-refractivity contribution is -0.160. The van der Waals surface area contributed by atoms with Crippen LogP contribution in [-0.4, -0.2) is 91.3 Å². The number of benzene rings is 4. The van der Waals surface area contributed by atoms with Crippen LogP contribution in [0.15, 0.2) is 89.9 Å². The Labute approximate surface area is 380 Å². The van der Waals surface area contributed by atoms with Crippen molar-refractivity contribution in [3.05, 3.63) is 112 Å². The summed E-state index contributed by atoms with van der Waals surface area (Å²) in [5.74, 6) is -1.73. The summed E-state index contributed by atoms with van der Waals surface area (Å²) < 4.78 is 84.2. The number of amides is 1. The first kappa shape index (κ1) is 51.8. The first-order valence-corrected chi connectivity index (χ1v) is 22.9. The third kappa shape index (κ3) is 15.4. The Morgan fingerprint density at radius 1 is 0.723 bits per heavy atom. The predicted molar refractivity (Wildman–Crippen MR) is 249 cm³/mol. The molecule has 0 aromatic heterocycles. The van der Waals surface area contributed by atoms with E-state index in [0.29, 0.717) is 43.8 Å². The van der Waals surface area contributed by atoms with Crippen molar-refractivity contribution in [2.45, 2.75) is 110 Å². The topological polar surface area (TPSA) is 108 Å². The van der Waals surface area contributed by atoms with Gasteiger partial charge in [-0.2, -0.15) is 26.3 Å². The fourth-order valence-corrected chi connectivity index (χ4v) is 8.90. The minimum atomic E-state index is -4.64. The number of nitrogens with zero attached hydrogens (tertiary/aromatic N) is 2. The van der Waals surface area contributed by atoms with Crippen LogP contribution in [0.2, 0.25) is 0 Å². The monoisotopic (exact) mass is 907 g/mol. The highest BCUT2D eigenvalue weighted by Crippen LogP contribution is 2.38. The van der Waals surface area contributed by atoms with Crippen LogP contribution in [0, 0.1) is 5.92 Å². The highest BCUT2D eigenvalue weighted by atomic mass is 19.4. The number of allylic oxidation sites excluding steroid dienone is 2. The molecule has 8 nitrogen and oxygen atoms in total.